The molecule has 0 radical (unpaired) electrons. The molecule has 0 atom stereocenters. The highest BCUT2D eigenvalue weighted by atomic mass is 127. The number of halogens is 3. The summed E-state index contributed by atoms with van der Waals surface area (Å²) < 4.78 is 35.8. The maximum absolute atomic E-state index is 13.0. The molecule has 2 N–H and O–H groups in total. The summed E-state index contributed by atoms with van der Waals surface area (Å²) in [5.41, 5.74) is 0. The minimum atomic E-state index is -3.97. The van der Waals surface area contributed by atoms with Gasteiger partial charge in [-0.25, -0.2) is 17.9 Å². The molecule has 0 aliphatic carbocycles. The monoisotopic (exact) mass is 379 g/mol. The lowest BCUT2D eigenvalue weighted by Crippen LogP contribution is -2.14. The predicted molar refractivity (Wildman–Crippen MR) is 58.2 cm³/mol. The number of nitrogens with two attached hydrogens (primary N) is 1. The second kappa shape index (κ2) is 3.79. The molecule has 0 fully saturated rings. The molecule has 3 nitrogen and oxygen atoms in total. The largest absolute Gasteiger partial charge is 0.241 e. The summed E-state index contributed by atoms with van der Waals surface area (Å²) in [6.07, 6.45) is 0. The van der Waals surface area contributed by atoms with Crippen LogP contribution in [-0.4, -0.2) is 8.42 Å². The number of benzene rings is 1. The Morgan fingerprint density at radius 3 is 2.46 bits per heavy atom. The van der Waals surface area contributed by atoms with Crippen LogP contribution < -0.4 is 5.14 Å². The van der Waals surface area contributed by atoms with Crippen molar-refractivity contribution in [1.82, 2.24) is 0 Å². The normalized spacial score (nSPS) is 11.7. The van der Waals surface area contributed by atoms with Gasteiger partial charge in [-0.15, -0.1) is 0 Å². The molecular formula is C6H4BrFINO2S. The van der Waals surface area contributed by atoms with Crippen LogP contribution in [-0.2, 0) is 10.0 Å². The third kappa shape index (κ3) is 2.61. The molecule has 0 bridgehead atoms. The molecule has 1 rings (SSSR count). The average Bonchev–Trinajstić information content (AvgIpc) is 1.94. The van der Waals surface area contributed by atoms with Gasteiger partial charge < -0.3 is 0 Å². The SMILES string of the molecule is NS(=O)(=O)c1cc(I)c(Br)cc1F. The van der Waals surface area contributed by atoms with Gasteiger partial charge in [0.25, 0.3) is 0 Å². The standard InChI is InChI=1S/C6H4BrFINO2S/c7-3-1-4(8)6(2-5(3)9)13(10,11)12/h1-2H,(H2,10,11,12). The van der Waals surface area contributed by atoms with Crippen molar-refractivity contribution >= 4 is 48.5 Å². The first-order chi connectivity index (χ1) is 5.82. The molecule has 0 heterocycles. The summed E-state index contributed by atoms with van der Waals surface area (Å²) in [5, 5.41) is 4.79. The van der Waals surface area contributed by atoms with Crippen molar-refractivity contribution in [3.63, 3.8) is 0 Å². The fourth-order valence-electron chi connectivity index (χ4n) is 0.722. The smallest absolute Gasteiger partial charge is 0.225 e. The molecule has 0 aromatic heterocycles. The molecule has 0 aliphatic rings. The average molecular weight is 380 g/mol. The number of hydrogen-bond donors (Lipinski definition) is 1. The van der Waals surface area contributed by atoms with Crippen LogP contribution in [0.2, 0.25) is 0 Å². The Morgan fingerprint density at radius 1 is 1.46 bits per heavy atom. The Bertz CT molecular complexity index is 448. The fourth-order valence-corrected chi connectivity index (χ4v) is 2.33. The Labute approximate surface area is 96.8 Å². The first kappa shape index (κ1) is 11.3. The zero-order valence-electron chi connectivity index (χ0n) is 6.09. The summed E-state index contributed by atoms with van der Waals surface area (Å²) in [4.78, 5) is -0.486. The molecule has 1 aromatic carbocycles. The van der Waals surface area contributed by atoms with Gasteiger partial charge in [-0.3, -0.25) is 0 Å². The molecule has 13 heavy (non-hydrogen) atoms. The zero-order chi connectivity index (χ0) is 10.2. The van der Waals surface area contributed by atoms with Gasteiger partial charge in [0.1, 0.15) is 10.7 Å². The van der Waals surface area contributed by atoms with Crippen molar-refractivity contribution in [2.24, 2.45) is 5.14 Å². The molecule has 0 amide bonds. The number of hydrogen-bond acceptors (Lipinski definition) is 2. The van der Waals surface area contributed by atoms with Crippen LogP contribution >= 0.6 is 38.5 Å². The molecule has 0 aliphatic heterocycles. The zero-order valence-corrected chi connectivity index (χ0v) is 10.7. The van der Waals surface area contributed by atoms with E-state index in [1.165, 1.54) is 6.07 Å². The Morgan fingerprint density at radius 2 is 2.00 bits per heavy atom. The van der Waals surface area contributed by atoms with E-state index in [1.54, 1.807) is 0 Å². The quantitative estimate of drug-likeness (QED) is 0.597. The van der Waals surface area contributed by atoms with Gasteiger partial charge in [-0.1, -0.05) is 0 Å². The molecule has 72 valence electrons. The maximum Gasteiger partial charge on any atom is 0.241 e. The lowest BCUT2D eigenvalue weighted by molar-refractivity contribution is 0.567. The van der Waals surface area contributed by atoms with Crippen molar-refractivity contribution in [1.29, 1.82) is 0 Å². The lowest BCUT2D eigenvalue weighted by atomic mass is 10.3. The minimum absolute atomic E-state index is 0.486. The maximum atomic E-state index is 13.0. The molecule has 0 saturated carbocycles. The van der Waals surface area contributed by atoms with Crippen molar-refractivity contribution in [3.8, 4) is 0 Å². The second-order valence-corrected chi connectivity index (χ2v) is 5.79. The molecule has 7 heteroatoms. The van der Waals surface area contributed by atoms with Crippen molar-refractivity contribution < 1.29 is 12.8 Å². The van der Waals surface area contributed by atoms with E-state index in [2.05, 4.69) is 15.9 Å². The van der Waals surface area contributed by atoms with Gasteiger partial charge in [0.15, 0.2) is 0 Å². The number of rotatable bonds is 1. The highest BCUT2D eigenvalue weighted by Gasteiger charge is 2.16. The van der Waals surface area contributed by atoms with Crippen LogP contribution in [0.1, 0.15) is 0 Å². The highest BCUT2D eigenvalue weighted by molar-refractivity contribution is 14.1. The Kier molecular flexibility index (Phi) is 3.31. The van der Waals surface area contributed by atoms with Crippen LogP contribution in [0.3, 0.4) is 0 Å². The van der Waals surface area contributed by atoms with Crippen LogP contribution in [0, 0.1) is 9.39 Å². The van der Waals surface area contributed by atoms with Gasteiger partial charge in [-0.05, 0) is 50.7 Å². The molecule has 0 spiro atoms. The lowest BCUT2D eigenvalue weighted by Gasteiger charge is -2.02. The van der Waals surface area contributed by atoms with Gasteiger partial charge in [0.2, 0.25) is 10.0 Å². The topological polar surface area (TPSA) is 60.2 Å². The van der Waals surface area contributed by atoms with Gasteiger partial charge in [0, 0.05) is 8.04 Å². The van der Waals surface area contributed by atoms with E-state index in [0.717, 1.165) is 6.07 Å². The minimum Gasteiger partial charge on any atom is -0.225 e. The molecule has 1 aromatic rings. The van der Waals surface area contributed by atoms with E-state index >= 15 is 0 Å². The Balaban J connectivity index is 3.50. The first-order valence-electron chi connectivity index (χ1n) is 2.99. The van der Waals surface area contributed by atoms with Gasteiger partial charge >= 0.3 is 0 Å². The summed E-state index contributed by atoms with van der Waals surface area (Å²) >= 11 is 4.94. The third-order valence-corrected chi connectivity index (χ3v) is 4.50. The molecular weight excluding hydrogens is 376 g/mol. The summed E-state index contributed by atoms with van der Waals surface area (Å²) in [6.45, 7) is 0. The van der Waals surface area contributed by atoms with Gasteiger partial charge in [-0.2, -0.15) is 0 Å². The van der Waals surface area contributed by atoms with Crippen molar-refractivity contribution in [2.45, 2.75) is 4.90 Å². The van der Waals surface area contributed by atoms with Crippen LogP contribution in [0.4, 0.5) is 4.39 Å². The van der Waals surface area contributed by atoms with E-state index in [-0.39, 0.29) is 0 Å². The second-order valence-electron chi connectivity index (χ2n) is 2.24. The van der Waals surface area contributed by atoms with E-state index in [9.17, 15) is 12.8 Å². The molecule has 0 saturated heterocycles. The van der Waals surface area contributed by atoms with Crippen LogP contribution in [0.5, 0.6) is 0 Å². The van der Waals surface area contributed by atoms with E-state index in [0.29, 0.717) is 8.04 Å². The molecule has 0 unspecified atom stereocenters. The number of primary sulfonamides is 1. The third-order valence-electron chi connectivity index (χ3n) is 1.28. The predicted octanol–water partition coefficient (Wildman–Crippen LogP) is 1.84. The van der Waals surface area contributed by atoms with E-state index in [4.69, 9.17) is 5.14 Å². The fraction of sp³-hybridized carbons (Fsp3) is 0. The first-order valence-corrected chi connectivity index (χ1v) is 6.41. The van der Waals surface area contributed by atoms with E-state index < -0.39 is 20.7 Å². The summed E-state index contributed by atoms with van der Waals surface area (Å²) in [7, 11) is -3.97. The van der Waals surface area contributed by atoms with Crippen molar-refractivity contribution in [3.05, 3.63) is 26.0 Å². The van der Waals surface area contributed by atoms with Crippen LogP contribution in [0.25, 0.3) is 0 Å². The van der Waals surface area contributed by atoms with Gasteiger partial charge in [0.05, 0.1) is 0 Å². The summed E-state index contributed by atoms with van der Waals surface area (Å²) in [5.74, 6) is -0.852. The summed E-state index contributed by atoms with van der Waals surface area (Å²) in [6, 6.07) is 2.25. The number of sulfonamides is 1. The van der Waals surface area contributed by atoms with Crippen molar-refractivity contribution in [2.75, 3.05) is 0 Å². The Hall–Kier alpha value is 0.270. The van der Waals surface area contributed by atoms with Crippen LogP contribution in [0.15, 0.2) is 21.5 Å². The van der Waals surface area contributed by atoms with E-state index in [1.807, 2.05) is 22.6 Å². The highest BCUT2D eigenvalue weighted by Crippen LogP contribution is 2.24.